The van der Waals surface area contributed by atoms with Crippen LogP contribution in [0.15, 0.2) is 36.4 Å². The molecule has 162 valence electrons. The van der Waals surface area contributed by atoms with Crippen molar-refractivity contribution in [1.82, 2.24) is 4.90 Å². The van der Waals surface area contributed by atoms with Crippen LogP contribution in [-0.4, -0.2) is 36.3 Å². The largest absolute Gasteiger partial charge is 0.418 e. The number of amides is 2. The summed E-state index contributed by atoms with van der Waals surface area (Å²) in [5.41, 5.74) is -2.22. The minimum atomic E-state index is -4.73. The minimum absolute atomic E-state index is 0.146. The second-order valence-electron chi connectivity index (χ2n) is 6.18. The monoisotopic (exact) mass is 449 g/mol. The van der Waals surface area contributed by atoms with E-state index in [1.54, 1.807) is 6.92 Å². The highest BCUT2D eigenvalue weighted by atomic mass is 35.5. The lowest BCUT2D eigenvalue weighted by molar-refractivity contribution is -0.137. The molecule has 0 aliphatic carbocycles. The second kappa shape index (κ2) is 9.86. The molecular weight excluding hydrogens is 433 g/mol. The van der Waals surface area contributed by atoms with Gasteiger partial charge in [0.25, 0.3) is 0 Å². The van der Waals surface area contributed by atoms with E-state index < -0.39 is 59.7 Å². The van der Waals surface area contributed by atoms with E-state index in [4.69, 9.17) is 11.6 Å². The number of benzene rings is 2. The first-order chi connectivity index (χ1) is 14.0. The first-order valence-electron chi connectivity index (χ1n) is 8.64. The zero-order chi connectivity index (χ0) is 22.5. The Morgan fingerprint density at radius 1 is 1.00 bits per heavy atom. The predicted molar refractivity (Wildman–Crippen MR) is 102 cm³/mol. The van der Waals surface area contributed by atoms with Gasteiger partial charge >= 0.3 is 6.18 Å². The molecule has 0 spiro atoms. The van der Waals surface area contributed by atoms with Crippen molar-refractivity contribution in [1.29, 1.82) is 0 Å². The molecule has 2 aromatic rings. The Morgan fingerprint density at radius 2 is 1.57 bits per heavy atom. The Hall–Kier alpha value is -2.72. The maximum absolute atomic E-state index is 13.6. The van der Waals surface area contributed by atoms with Crippen LogP contribution in [0.2, 0.25) is 5.02 Å². The Labute approximate surface area is 173 Å². The highest BCUT2D eigenvalue weighted by molar-refractivity contribution is 6.30. The fourth-order valence-corrected chi connectivity index (χ4v) is 2.70. The number of nitrogens with one attached hydrogen (secondary N) is 2. The summed E-state index contributed by atoms with van der Waals surface area (Å²) in [4.78, 5) is 25.5. The minimum Gasteiger partial charge on any atom is -0.324 e. The summed E-state index contributed by atoms with van der Waals surface area (Å²) in [6, 6.07) is 5.97. The van der Waals surface area contributed by atoms with E-state index in [1.807, 2.05) is 0 Å². The molecule has 0 unspecified atom stereocenters. The molecule has 0 aliphatic rings. The van der Waals surface area contributed by atoms with Gasteiger partial charge in [0.05, 0.1) is 24.3 Å². The van der Waals surface area contributed by atoms with Gasteiger partial charge in [0.2, 0.25) is 11.8 Å². The van der Waals surface area contributed by atoms with Crippen LogP contribution in [0.25, 0.3) is 0 Å². The molecule has 5 nitrogen and oxygen atoms in total. The highest BCUT2D eigenvalue weighted by Crippen LogP contribution is 2.36. The molecular formula is C19H17ClF5N3O2. The quantitative estimate of drug-likeness (QED) is 0.610. The van der Waals surface area contributed by atoms with Gasteiger partial charge in [0.1, 0.15) is 17.3 Å². The van der Waals surface area contributed by atoms with Crippen molar-refractivity contribution in [2.24, 2.45) is 0 Å². The van der Waals surface area contributed by atoms with Crippen molar-refractivity contribution in [3.63, 3.8) is 0 Å². The smallest absolute Gasteiger partial charge is 0.324 e. The molecule has 2 rings (SSSR count). The Balaban J connectivity index is 2.03. The molecule has 0 atom stereocenters. The van der Waals surface area contributed by atoms with E-state index in [0.717, 1.165) is 24.3 Å². The van der Waals surface area contributed by atoms with Crippen LogP contribution in [-0.2, 0) is 15.8 Å². The summed E-state index contributed by atoms with van der Waals surface area (Å²) in [5.74, 6) is -3.54. The SMILES string of the molecule is CCN(CC(=O)Nc1ccc(Cl)cc1C(F)(F)F)CC(=O)Nc1c(F)cccc1F. The molecule has 0 heterocycles. The first kappa shape index (κ1) is 23.6. The number of halogens is 6. The first-order valence-corrected chi connectivity index (χ1v) is 9.02. The Morgan fingerprint density at radius 3 is 2.10 bits per heavy atom. The van der Waals surface area contributed by atoms with E-state index in [0.29, 0.717) is 6.07 Å². The van der Waals surface area contributed by atoms with E-state index in [9.17, 15) is 31.5 Å². The van der Waals surface area contributed by atoms with E-state index >= 15 is 0 Å². The van der Waals surface area contributed by atoms with Crippen LogP contribution in [0.1, 0.15) is 12.5 Å². The molecule has 30 heavy (non-hydrogen) atoms. The Bertz CT molecular complexity index is 917. The van der Waals surface area contributed by atoms with Gasteiger partial charge in [-0.25, -0.2) is 8.78 Å². The molecule has 0 fully saturated rings. The van der Waals surface area contributed by atoms with Crippen molar-refractivity contribution in [2.45, 2.75) is 13.1 Å². The molecule has 2 amide bonds. The number of rotatable bonds is 7. The lowest BCUT2D eigenvalue weighted by Crippen LogP contribution is -2.39. The number of likely N-dealkylation sites (N-methyl/N-ethyl adjacent to an activating group) is 1. The molecule has 11 heteroatoms. The van der Waals surface area contributed by atoms with Gasteiger partial charge in [-0.05, 0) is 36.9 Å². The predicted octanol–water partition coefficient (Wildman–Crippen LogP) is 4.54. The van der Waals surface area contributed by atoms with Gasteiger partial charge in [0.15, 0.2) is 0 Å². The average Bonchev–Trinajstić information content (AvgIpc) is 2.65. The highest BCUT2D eigenvalue weighted by Gasteiger charge is 2.34. The normalized spacial score (nSPS) is 11.5. The molecule has 2 N–H and O–H groups in total. The van der Waals surface area contributed by atoms with Crippen LogP contribution in [0.5, 0.6) is 0 Å². The van der Waals surface area contributed by atoms with Gasteiger partial charge < -0.3 is 10.6 Å². The van der Waals surface area contributed by atoms with Crippen molar-refractivity contribution in [3.8, 4) is 0 Å². The van der Waals surface area contributed by atoms with Gasteiger partial charge in [-0.2, -0.15) is 13.2 Å². The fourth-order valence-electron chi connectivity index (χ4n) is 2.53. The number of carbonyl (C=O) groups is 2. The summed E-state index contributed by atoms with van der Waals surface area (Å²) in [6.07, 6.45) is -4.73. The van der Waals surface area contributed by atoms with Gasteiger partial charge in [-0.1, -0.05) is 24.6 Å². The van der Waals surface area contributed by atoms with Crippen LogP contribution >= 0.6 is 11.6 Å². The van der Waals surface area contributed by atoms with Gasteiger partial charge in [-0.3, -0.25) is 14.5 Å². The topological polar surface area (TPSA) is 61.4 Å². The standard InChI is InChI=1S/C19H17ClF5N3O2/c1-2-28(10-17(30)27-18-13(21)4-3-5-14(18)22)9-16(29)26-15-7-6-11(20)8-12(15)19(23,24)25/h3-8H,2,9-10H2,1H3,(H,26,29)(H,27,30). The summed E-state index contributed by atoms with van der Waals surface area (Å²) in [6.45, 7) is 0.940. The maximum atomic E-state index is 13.6. The molecule has 0 saturated heterocycles. The van der Waals surface area contributed by atoms with Gasteiger partial charge in [-0.15, -0.1) is 0 Å². The third-order valence-corrected chi connectivity index (χ3v) is 4.21. The van der Waals surface area contributed by atoms with Gasteiger partial charge in [0, 0.05) is 5.02 Å². The van der Waals surface area contributed by atoms with Crippen molar-refractivity contribution in [2.75, 3.05) is 30.3 Å². The number of nitrogens with zero attached hydrogens (tertiary/aromatic N) is 1. The summed E-state index contributed by atoms with van der Waals surface area (Å²) in [7, 11) is 0. The maximum Gasteiger partial charge on any atom is 0.418 e. The van der Waals surface area contributed by atoms with Crippen molar-refractivity contribution in [3.05, 3.63) is 58.6 Å². The van der Waals surface area contributed by atoms with E-state index in [1.165, 1.54) is 11.0 Å². The number of para-hydroxylation sites is 1. The summed E-state index contributed by atoms with van der Waals surface area (Å²) >= 11 is 5.59. The van der Waals surface area contributed by atoms with E-state index in [-0.39, 0.29) is 11.6 Å². The molecule has 0 radical (unpaired) electrons. The van der Waals surface area contributed by atoms with E-state index in [2.05, 4.69) is 10.6 Å². The number of hydrogen-bond donors (Lipinski definition) is 2. The molecule has 0 aliphatic heterocycles. The molecule has 0 aromatic heterocycles. The second-order valence-corrected chi connectivity index (χ2v) is 6.62. The average molecular weight is 450 g/mol. The number of anilines is 2. The zero-order valence-electron chi connectivity index (χ0n) is 15.6. The van der Waals surface area contributed by atoms with Crippen molar-refractivity contribution >= 4 is 34.8 Å². The van der Waals surface area contributed by atoms with Crippen LogP contribution in [0.3, 0.4) is 0 Å². The summed E-state index contributed by atoms with van der Waals surface area (Å²) in [5, 5.41) is 4.07. The lowest BCUT2D eigenvalue weighted by Gasteiger charge is -2.20. The third kappa shape index (κ3) is 6.39. The number of carbonyl (C=O) groups excluding carboxylic acids is 2. The molecule has 0 bridgehead atoms. The Kier molecular flexibility index (Phi) is 7.74. The number of alkyl halides is 3. The van der Waals surface area contributed by atoms with Crippen LogP contribution < -0.4 is 10.6 Å². The fraction of sp³-hybridized carbons (Fsp3) is 0.263. The van der Waals surface area contributed by atoms with Crippen LogP contribution in [0.4, 0.5) is 33.3 Å². The summed E-state index contributed by atoms with van der Waals surface area (Å²) < 4.78 is 66.6. The number of hydrogen-bond acceptors (Lipinski definition) is 3. The lowest BCUT2D eigenvalue weighted by atomic mass is 10.1. The van der Waals surface area contributed by atoms with Crippen molar-refractivity contribution < 1.29 is 31.5 Å². The molecule has 2 aromatic carbocycles. The van der Waals surface area contributed by atoms with Crippen LogP contribution in [0, 0.1) is 11.6 Å². The molecule has 0 saturated carbocycles. The zero-order valence-corrected chi connectivity index (χ0v) is 16.4. The third-order valence-electron chi connectivity index (χ3n) is 3.97.